The number of anilines is 1. The summed E-state index contributed by atoms with van der Waals surface area (Å²) in [6.45, 7) is 7.96. The maximum atomic E-state index is 14.6. The van der Waals surface area contributed by atoms with Gasteiger partial charge in [0.05, 0.1) is 6.61 Å². The largest absolute Gasteiger partial charge is 0.493 e. The fourth-order valence-electron chi connectivity index (χ4n) is 4.08. The lowest BCUT2D eigenvalue weighted by molar-refractivity contribution is 0.274. The number of nitrogens with zero attached hydrogens (tertiary/aromatic N) is 5. The van der Waals surface area contributed by atoms with E-state index in [4.69, 9.17) is 13.7 Å². The molecule has 1 fully saturated rings. The molecule has 0 bridgehead atoms. The lowest BCUT2D eigenvalue weighted by Gasteiger charge is -2.30. The van der Waals surface area contributed by atoms with Crippen molar-refractivity contribution < 1.29 is 22.5 Å². The molecule has 10 heteroatoms. The van der Waals surface area contributed by atoms with E-state index in [1.165, 1.54) is 0 Å². The minimum atomic E-state index is -0.788. The maximum Gasteiger partial charge on any atom is 0.324 e. The lowest BCUT2D eigenvalue weighted by atomic mass is 9.92. The lowest BCUT2D eigenvalue weighted by Crippen LogP contribution is -2.34. The van der Waals surface area contributed by atoms with Crippen molar-refractivity contribution in [2.45, 2.75) is 65.2 Å². The van der Waals surface area contributed by atoms with Crippen molar-refractivity contribution in [3.63, 3.8) is 0 Å². The van der Waals surface area contributed by atoms with Crippen LogP contribution in [0.3, 0.4) is 0 Å². The second kappa shape index (κ2) is 10.9. The number of hydrogen-bond acceptors (Lipinski definition) is 8. The van der Waals surface area contributed by atoms with Gasteiger partial charge in [-0.15, -0.1) is 10.2 Å². The highest BCUT2D eigenvalue weighted by Gasteiger charge is 2.23. The average molecular weight is 476 g/mol. The van der Waals surface area contributed by atoms with Gasteiger partial charge in [0.25, 0.3) is 5.89 Å². The Bertz CT molecular complexity index is 1050. The number of benzene rings is 1. The number of aryl methyl sites for hydroxylation is 1. The van der Waals surface area contributed by atoms with Crippen LogP contribution in [0.15, 0.2) is 21.1 Å². The molecule has 0 unspecified atom stereocenters. The van der Waals surface area contributed by atoms with Crippen molar-refractivity contribution in [2.24, 2.45) is 5.92 Å². The van der Waals surface area contributed by atoms with Gasteiger partial charge in [-0.05, 0) is 38.0 Å². The summed E-state index contributed by atoms with van der Waals surface area (Å²) >= 11 is 0. The summed E-state index contributed by atoms with van der Waals surface area (Å²) in [6.07, 6.45) is 5.68. The molecule has 8 nitrogen and oxygen atoms in total. The predicted octanol–water partition coefficient (Wildman–Crippen LogP) is 5.55. The number of hydrogen-bond donors (Lipinski definition) is 0. The van der Waals surface area contributed by atoms with Crippen molar-refractivity contribution in [3.8, 4) is 17.2 Å². The normalized spacial score (nSPS) is 14.8. The van der Waals surface area contributed by atoms with Gasteiger partial charge < -0.3 is 18.6 Å². The van der Waals surface area contributed by atoms with E-state index in [0.717, 1.165) is 69.6 Å². The standard InChI is InChI=1S/C24H31F2N5O3/c1-4-6-20-27-24(34-30-20)31-10-8-16(9-11-31)7-5-12-32-17-13-18(25)21(19(26)14-17)23-29-28-22(33-23)15(2)3/h13-16H,4-12H2,1-3H3. The highest BCUT2D eigenvalue weighted by Crippen LogP contribution is 2.30. The third-order valence-corrected chi connectivity index (χ3v) is 6.01. The molecule has 0 radical (unpaired) electrons. The molecule has 1 aromatic carbocycles. The van der Waals surface area contributed by atoms with Crippen LogP contribution in [0.4, 0.5) is 14.8 Å². The van der Waals surface area contributed by atoms with E-state index in [9.17, 15) is 8.78 Å². The third-order valence-electron chi connectivity index (χ3n) is 6.01. The molecule has 1 aliphatic rings. The number of ether oxygens (including phenoxy) is 1. The van der Waals surface area contributed by atoms with Crippen molar-refractivity contribution >= 4 is 6.01 Å². The summed E-state index contributed by atoms with van der Waals surface area (Å²) in [4.78, 5) is 6.60. The van der Waals surface area contributed by atoms with Crippen LogP contribution in [0.25, 0.3) is 11.5 Å². The number of rotatable bonds is 10. The van der Waals surface area contributed by atoms with Crippen LogP contribution in [0.5, 0.6) is 5.75 Å². The van der Waals surface area contributed by atoms with Crippen molar-refractivity contribution in [1.29, 1.82) is 0 Å². The van der Waals surface area contributed by atoms with Gasteiger partial charge in [-0.1, -0.05) is 25.9 Å². The predicted molar refractivity (Wildman–Crippen MR) is 122 cm³/mol. The van der Waals surface area contributed by atoms with E-state index >= 15 is 0 Å². The molecule has 2 aromatic heterocycles. The van der Waals surface area contributed by atoms with Crippen molar-refractivity contribution in [3.05, 3.63) is 35.5 Å². The van der Waals surface area contributed by atoms with E-state index < -0.39 is 11.6 Å². The van der Waals surface area contributed by atoms with E-state index in [2.05, 4.69) is 32.2 Å². The van der Waals surface area contributed by atoms with Gasteiger partial charge in [-0.3, -0.25) is 0 Å². The quantitative estimate of drug-likeness (QED) is 0.353. The Morgan fingerprint density at radius 2 is 1.88 bits per heavy atom. The molecule has 0 spiro atoms. The molecule has 0 atom stereocenters. The van der Waals surface area contributed by atoms with Gasteiger partial charge in [0.2, 0.25) is 5.89 Å². The van der Waals surface area contributed by atoms with Crippen molar-refractivity contribution in [1.82, 2.24) is 20.3 Å². The van der Waals surface area contributed by atoms with Gasteiger partial charge >= 0.3 is 6.01 Å². The fourth-order valence-corrected chi connectivity index (χ4v) is 4.08. The van der Waals surface area contributed by atoms with Crippen LogP contribution < -0.4 is 9.64 Å². The zero-order chi connectivity index (χ0) is 24.1. The molecule has 3 heterocycles. The molecule has 4 rings (SSSR count). The molecule has 1 aliphatic heterocycles. The van der Waals surface area contributed by atoms with E-state index in [-0.39, 0.29) is 23.1 Å². The molecular weight excluding hydrogens is 444 g/mol. The van der Waals surface area contributed by atoms with E-state index in [1.807, 2.05) is 13.8 Å². The second-order valence-corrected chi connectivity index (χ2v) is 9.03. The number of piperidine rings is 1. The molecular formula is C24H31F2N5O3. The van der Waals surface area contributed by atoms with Crippen LogP contribution >= 0.6 is 0 Å². The van der Waals surface area contributed by atoms with Gasteiger partial charge in [-0.2, -0.15) is 4.98 Å². The highest BCUT2D eigenvalue weighted by molar-refractivity contribution is 5.56. The summed E-state index contributed by atoms with van der Waals surface area (Å²) in [7, 11) is 0. The smallest absolute Gasteiger partial charge is 0.324 e. The van der Waals surface area contributed by atoms with Gasteiger partial charge in [-0.25, -0.2) is 8.78 Å². The molecule has 0 N–H and O–H groups in total. The van der Waals surface area contributed by atoms with E-state index in [1.54, 1.807) is 0 Å². The third kappa shape index (κ3) is 5.71. The summed E-state index contributed by atoms with van der Waals surface area (Å²) < 4.78 is 45.5. The van der Waals surface area contributed by atoms with Crippen LogP contribution in [0.2, 0.25) is 0 Å². The number of aromatic nitrogens is 4. The van der Waals surface area contributed by atoms with Crippen LogP contribution in [0.1, 0.15) is 70.5 Å². The first-order valence-electron chi connectivity index (χ1n) is 12.0. The van der Waals surface area contributed by atoms with Gasteiger partial charge in [0.1, 0.15) is 22.9 Å². The summed E-state index contributed by atoms with van der Waals surface area (Å²) in [5.74, 6) is 0.0403. The highest BCUT2D eigenvalue weighted by atomic mass is 19.1. The molecule has 0 aliphatic carbocycles. The molecule has 0 saturated carbocycles. The zero-order valence-electron chi connectivity index (χ0n) is 19.9. The minimum absolute atomic E-state index is 0.0281. The zero-order valence-corrected chi connectivity index (χ0v) is 19.9. The summed E-state index contributed by atoms with van der Waals surface area (Å²) in [6, 6.07) is 2.93. The average Bonchev–Trinajstić information content (AvgIpc) is 3.47. The fraction of sp³-hybridized carbons (Fsp3) is 0.583. The van der Waals surface area contributed by atoms with Crippen molar-refractivity contribution in [2.75, 3.05) is 24.6 Å². The molecule has 34 heavy (non-hydrogen) atoms. The minimum Gasteiger partial charge on any atom is -0.493 e. The topological polar surface area (TPSA) is 90.3 Å². The van der Waals surface area contributed by atoms with Crippen LogP contribution in [-0.2, 0) is 6.42 Å². The Morgan fingerprint density at radius 1 is 1.15 bits per heavy atom. The first-order chi connectivity index (χ1) is 16.4. The Kier molecular flexibility index (Phi) is 7.74. The molecule has 184 valence electrons. The SMILES string of the molecule is CCCc1noc(N2CCC(CCCOc3cc(F)c(-c4nnc(C(C)C)o4)c(F)c3)CC2)n1. The Labute approximate surface area is 197 Å². The molecule has 1 saturated heterocycles. The number of halogens is 2. The maximum absolute atomic E-state index is 14.6. The summed E-state index contributed by atoms with van der Waals surface area (Å²) in [5, 5.41) is 11.6. The Balaban J connectivity index is 1.22. The van der Waals surface area contributed by atoms with E-state index in [0.29, 0.717) is 24.4 Å². The second-order valence-electron chi connectivity index (χ2n) is 9.03. The van der Waals surface area contributed by atoms with Crippen LogP contribution in [-0.4, -0.2) is 40.0 Å². The van der Waals surface area contributed by atoms with Gasteiger partial charge in [0, 0.05) is 37.6 Å². The first kappa shape index (κ1) is 24.1. The van der Waals surface area contributed by atoms with Gasteiger partial charge in [0.15, 0.2) is 5.82 Å². The molecule has 3 aromatic rings. The monoisotopic (exact) mass is 475 g/mol. The summed E-state index contributed by atoms with van der Waals surface area (Å²) in [5.41, 5.74) is -0.332. The Hall–Kier alpha value is -3.04. The first-order valence-corrected chi connectivity index (χ1v) is 12.0. The Morgan fingerprint density at radius 3 is 2.53 bits per heavy atom. The van der Waals surface area contributed by atoms with Crippen LogP contribution in [0, 0.1) is 17.6 Å². The molecule has 0 amide bonds.